The van der Waals surface area contributed by atoms with Crippen LogP contribution in [0.1, 0.15) is 22.8 Å². The Bertz CT molecular complexity index is 807. The van der Waals surface area contributed by atoms with Gasteiger partial charge in [0.25, 0.3) is 10.0 Å². The molecule has 7 heteroatoms. The van der Waals surface area contributed by atoms with Crippen LogP contribution in [0.5, 0.6) is 0 Å². The van der Waals surface area contributed by atoms with Crippen molar-refractivity contribution < 1.29 is 13.2 Å². The summed E-state index contributed by atoms with van der Waals surface area (Å²) in [5.41, 5.74) is 1.31. The maximum Gasteiger partial charge on any atom is 0.261 e. The van der Waals surface area contributed by atoms with Gasteiger partial charge in [-0.1, -0.05) is 40.9 Å². The van der Waals surface area contributed by atoms with Crippen molar-refractivity contribution in [3.8, 4) is 0 Å². The molecule has 0 bridgehead atoms. The largest absolute Gasteiger partial charge is 0.295 e. The summed E-state index contributed by atoms with van der Waals surface area (Å²) < 4.78 is 27.0. The third-order valence-electron chi connectivity index (χ3n) is 3.02. The van der Waals surface area contributed by atoms with Crippen molar-refractivity contribution in [2.45, 2.75) is 18.7 Å². The van der Waals surface area contributed by atoms with Crippen LogP contribution in [0.25, 0.3) is 0 Å². The Morgan fingerprint density at radius 3 is 2.00 bits per heavy atom. The van der Waals surface area contributed by atoms with Gasteiger partial charge in [-0.15, -0.1) is 0 Å². The molecule has 0 saturated carbocycles. The van der Waals surface area contributed by atoms with E-state index < -0.39 is 10.0 Å². The van der Waals surface area contributed by atoms with Crippen LogP contribution in [0.4, 0.5) is 5.69 Å². The number of benzene rings is 2. The first-order valence-corrected chi connectivity index (χ1v) is 8.54. The van der Waals surface area contributed by atoms with Gasteiger partial charge in [0.15, 0.2) is 5.78 Å². The molecule has 0 aliphatic heterocycles. The molecule has 0 spiro atoms. The monoisotopic (exact) mass is 357 g/mol. The standard InChI is InChI=1S/C15H13Cl2NO3S/c1-9-3-5-12(6-4-9)22(20,21)18-15-13(16)7-11(10(2)19)8-14(15)17/h3-8,18H,1-2H3. The number of hydrogen-bond donors (Lipinski definition) is 1. The molecule has 0 unspecified atom stereocenters. The average molecular weight is 358 g/mol. The van der Waals surface area contributed by atoms with Crippen molar-refractivity contribution in [1.29, 1.82) is 0 Å². The van der Waals surface area contributed by atoms with Crippen LogP contribution in [-0.2, 0) is 10.0 Å². The van der Waals surface area contributed by atoms with Crippen LogP contribution >= 0.6 is 23.2 Å². The van der Waals surface area contributed by atoms with E-state index in [-0.39, 0.29) is 26.4 Å². The van der Waals surface area contributed by atoms with E-state index in [1.807, 2.05) is 6.92 Å². The zero-order chi connectivity index (χ0) is 16.5. The van der Waals surface area contributed by atoms with E-state index >= 15 is 0 Å². The molecule has 0 atom stereocenters. The van der Waals surface area contributed by atoms with E-state index in [1.165, 1.54) is 31.2 Å². The normalized spacial score (nSPS) is 11.3. The van der Waals surface area contributed by atoms with Crippen molar-refractivity contribution in [1.82, 2.24) is 0 Å². The number of aryl methyl sites for hydroxylation is 1. The number of anilines is 1. The highest BCUT2D eigenvalue weighted by atomic mass is 35.5. The molecule has 0 heterocycles. The van der Waals surface area contributed by atoms with Crippen molar-refractivity contribution in [3.63, 3.8) is 0 Å². The van der Waals surface area contributed by atoms with E-state index in [0.717, 1.165) is 5.56 Å². The minimum atomic E-state index is -3.81. The fourth-order valence-corrected chi connectivity index (χ4v) is 3.58. The first kappa shape index (κ1) is 16.8. The predicted molar refractivity (Wildman–Crippen MR) is 88.5 cm³/mol. The number of Topliss-reactive ketones (excluding diaryl/α,β-unsaturated/α-hetero) is 1. The van der Waals surface area contributed by atoms with Gasteiger partial charge < -0.3 is 0 Å². The smallest absolute Gasteiger partial charge is 0.261 e. The summed E-state index contributed by atoms with van der Waals surface area (Å²) in [6.07, 6.45) is 0. The van der Waals surface area contributed by atoms with Crippen LogP contribution in [-0.4, -0.2) is 14.2 Å². The summed E-state index contributed by atoms with van der Waals surface area (Å²) in [5.74, 6) is -0.211. The molecule has 0 radical (unpaired) electrons. The number of hydrogen-bond acceptors (Lipinski definition) is 3. The molecule has 116 valence electrons. The number of rotatable bonds is 4. The summed E-state index contributed by atoms with van der Waals surface area (Å²) in [4.78, 5) is 11.4. The van der Waals surface area contributed by atoms with E-state index in [4.69, 9.17) is 23.2 Å². The first-order valence-electron chi connectivity index (χ1n) is 6.30. The molecule has 2 rings (SSSR count). The molecule has 0 fully saturated rings. The summed E-state index contributed by atoms with van der Waals surface area (Å²) in [5, 5.41) is 0.127. The van der Waals surface area contributed by atoms with Gasteiger partial charge in [0.1, 0.15) is 0 Å². The van der Waals surface area contributed by atoms with Crippen LogP contribution < -0.4 is 4.72 Å². The number of carbonyl (C=O) groups excluding carboxylic acids is 1. The molecule has 0 saturated heterocycles. The number of halogens is 2. The third kappa shape index (κ3) is 3.61. The molecule has 4 nitrogen and oxygen atoms in total. The first-order chi connectivity index (χ1) is 10.2. The van der Waals surface area contributed by atoms with Gasteiger partial charge in [-0.05, 0) is 38.1 Å². The lowest BCUT2D eigenvalue weighted by molar-refractivity contribution is 0.101. The Morgan fingerprint density at radius 2 is 1.55 bits per heavy atom. The summed E-state index contributed by atoms with van der Waals surface area (Å²) >= 11 is 12.1. The topological polar surface area (TPSA) is 63.2 Å². The Kier molecular flexibility index (Phi) is 4.80. The highest BCUT2D eigenvalue weighted by Gasteiger charge is 2.19. The lowest BCUT2D eigenvalue weighted by Crippen LogP contribution is -2.14. The maximum absolute atomic E-state index is 12.3. The van der Waals surface area contributed by atoms with Gasteiger partial charge in [-0.3, -0.25) is 9.52 Å². The zero-order valence-electron chi connectivity index (χ0n) is 11.9. The molecule has 0 aliphatic carbocycles. The zero-order valence-corrected chi connectivity index (χ0v) is 14.2. The highest BCUT2D eigenvalue weighted by Crippen LogP contribution is 2.33. The number of nitrogens with one attached hydrogen (secondary N) is 1. The van der Waals surface area contributed by atoms with Gasteiger partial charge in [-0.2, -0.15) is 0 Å². The Labute approximate surface area is 139 Å². The van der Waals surface area contributed by atoms with Crippen molar-refractivity contribution in [2.75, 3.05) is 4.72 Å². The molecule has 0 aromatic heterocycles. The van der Waals surface area contributed by atoms with Crippen LogP contribution in [0.15, 0.2) is 41.3 Å². The average Bonchev–Trinajstić information content (AvgIpc) is 2.43. The van der Waals surface area contributed by atoms with Crippen LogP contribution in [0, 0.1) is 6.92 Å². The van der Waals surface area contributed by atoms with E-state index in [1.54, 1.807) is 12.1 Å². The summed E-state index contributed by atoms with van der Waals surface area (Å²) in [6.45, 7) is 3.23. The van der Waals surface area contributed by atoms with Gasteiger partial charge in [0, 0.05) is 5.56 Å². The van der Waals surface area contributed by atoms with E-state index in [9.17, 15) is 13.2 Å². The molecular formula is C15H13Cl2NO3S. The van der Waals surface area contributed by atoms with Crippen molar-refractivity contribution in [2.24, 2.45) is 0 Å². The molecule has 2 aromatic rings. The van der Waals surface area contributed by atoms with Gasteiger partial charge >= 0.3 is 0 Å². The molecule has 1 N–H and O–H groups in total. The highest BCUT2D eigenvalue weighted by molar-refractivity contribution is 7.92. The fraction of sp³-hybridized carbons (Fsp3) is 0.133. The number of carbonyl (C=O) groups is 1. The third-order valence-corrected chi connectivity index (χ3v) is 4.98. The second-order valence-corrected chi connectivity index (χ2v) is 7.29. The van der Waals surface area contributed by atoms with Crippen molar-refractivity contribution in [3.05, 3.63) is 57.6 Å². The van der Waals surface area contributed by atoms with Crippen LogP contribution in [0.2, 0.25) is 10.0 Å². The lowest BCUT2D eigenvalue weighted by atomic mass is 10.1. The Hall–Kier alpha value is -1.56. The summed E-state index contributed by atoms with van der Waals surface area (Å²) in [6, 6.07) is 9.12. The molecule has 0 aliphatic rings. The van der Waals surface area contributed by atoms with Crippen molar-refractivity contribution >= 4 is 44.7 Å². The lowest BCUT2D eigenvalue weighted by Gasteiger charge is -2.12. The van der Waals surface area contributed by atoms with Crippen LogP contribution in [0.3, 0.4) is 0 Å². The minimum absolute atomic E-state index is 0.0499. The maximum atomic E-state index is 12.3. The fourth-order valence-electron chi connectivity index (χ4n) is 1.78. The van der Waals surface area contributed by atoms with Gasteiger partial charge in [0.2, 0.25) is 0 Å². The number of ketones is 1. The molecule has 22 heavy (non-hydrogen) atoms. The predicted octanol–water partition coefficient (Wildman–Crippen LogP) is 4.31. The van der Waals surface area contributed by atoms with E-state index in [0.29, 0.717) is 5.56 Å². The quantitative estimate of drug-likeness (QED) is 0.829. The SMILES string of the molecule is CC(=O)c1cc(Cl)c(NS(=O)(=O)c2ccc(C)cc2)c(Cl)c1. The molecule has 2 aromatic carbocycles. The minimum Gasteiger partial charge on any atom is -0.295 e. The Balaban J connectivity index is 2.42. The Morgan fingerprint density at radius 1 is 1.05 bits per heavy atom. The van der Waals surface area contributed by atoms with Gasteiger partial charge in [-0.25, -0.2) is 8.42 Å². The van der Waals surface area contributed by atoms with Gasteiger partial charge in [0.05, 0.1) is 20.6 Å². The van der Waals surface area contributed by atoms with E-state index in [2.05, 4.69) is 4.72 Å². The second kappa shape index (κ2) is 6.28. The summed E-state index contributed by atoms with van der Waals surface area (Å²) in [7, 11) is -3.81. The molecule has 0 amide bonds. The second-order valence-electron chi connectivity index (χ2n) is 4.79. The number of sulfonamides is 1. The molecular weight excluding hydrogens is 345 g/mol.